The van der Waals surface area contributed by atoms with Gasteiger partial charge in [0.25, 0.3) is 0 Å². The van der Waals surface area contributed by atoms with Gasteiger partial charge >= 0.3 is 0 Å². The molecule has 0 unspecified atom stereocenters. The first-order valence-corrected chi connectivity index (χ1v) is 7.30. The number of rotatable bonds is 3. The Morgan fingerprint density at radius 1 is 1.11 bits per heavy atom. The molecule has 19 heavy (non-hydrogen) atoms. The summed E-state index contributed by atoms with van der Waals surface area (Å²) in [7, 11) is 0. The van der Waals surface area contributed by atoms with Crippen LogP contribution in [0.25, 0.3) is 0 Å². The zero-order chi connectivity index (χ0) is 14.0. The number of carbonyl (C=O) groups is 1. The predicted molar refractivity (Wildman–Crippen MR) is 81.0 cm³/mol. The van der Waals surface area contributed by atoms with Gasteiger partial charge in [-0.25, -0.2) is 4.39 Å². The van der Waals surface area contributed by atoms with E-state index in [4.69, 9.17) is 0 Å². The zero-order valence-electron chi connectivity index (χ0n) is 10.2. The van der Waals surface area contributed by atoms with Crippen LogP contribution in [0.1, 0.15) is 21.5 Å². The molecule has 0 aromatic heterocycles. The molecule has 0 atom stereocenters. The van der Waals surface area contributed by atoms with Crippen LogP contribution in [-0.2, 0) is 6.42 Å². The number of carbonyl (C=O) groups excluding carboxylic acids is 1. The van der Waals surface area contributed by atoms with E-state index in [2.05, 4.69) is 31.9 Å². The molecule has 4 heteroatoms. The van der Waals surface area contributed by atoms with Crippen molar-refractivity contribution in [2.45, 2.75) is 13.3 Å². The minimum atomic E-state index is -0.353. The molecule has 0 aliphatic rings. The maximum Gasteiger partial charge on any atom is 0.168 e. The second-order valence-electron chi connectivity index (χ2n) is 4.25. The van der Waals surface area contributed by atoms with Crippen LogP contribution in [0, 0.1) is 12.7 Å². The molecular formula is C15H11Br2FO. The Balaban J connectivity index is 2.31. The molecular weight excluding hydrogens is 375 g/mol. The van der Waals surface area contributed by atoms with Crippen molar-refractivity contribution in [3.8, 4) is 0 Å². The summed E-state index contributed by atoms with van der Waals surface area (Å²) >= 11 is 6.60. The molecule has 0 N–H and O–H groups in total. The number of Topliss-reactive ketones (excluding diaryl/α,β-unsaturated/α-hetero) is 1. The van der Waals surface area contributed by atoms with E-state index >= 15 is 0 Å². The van der Waals surface area contributed by atoms with Crippen molar-refractivity contribution in [2.75, 3.05) is 0 Å². The Hall–Kier alpha value is -1.000. The SMILES string of the molecule is Cc1cccc(C(=O)Cc2cccc(F)c2Br)c1Br. The molecule has 0 saturated carbocycles. The van der Waals surface area contributed by atoms with Crippen LogP contribution >= 0.6 is 31.9 Å². The van der Waals surface area contributed by atoms with Gasteiger partial charge in [0.05, 0.1) is 4.47 Å². The third kappa shape index (κ3) is 3.12. The summed E-state index contributed by atoms with van der Waals surface area (Å²) in [6, 6.07) is 10.3. The van der Waals surface area contributed by atoms with Crippen LogP contribution in [-0.4, -0.2) is 5.78 Å². The van der Waals surface area contributed by atoms with Gasteiger partial charge in [0.15, 0.2) is 5.78 Å². The highest BCUT2D eigenvalue weighted by atomic mass is 79.9. The number of aryl methyl sites for hydroxylation is 1. The lowest BCUT2D eigenvalue weighted by atomic mass is 10.0. The van der Waals surface area contributed by atoms with Crippen molar-refractivity contribution < 1.29 is 9.18 Å². The average Bonchev–Trinajstić information content (AvgIpc) is 2.38. The molecule has 2 rings (SSSR count). The summed E-state index contributed by atoms with van der Waals surface area (Å²) in [5.41, 5.74) is 2.28. The highest BCUT2D eigenvalue weighted by Crippen LogP contribution is 2.25. The van der Waals surface area contributed by atoms with Crippen molar-refractivity contribution in [3.05, 3.63) is 67.9 Å². The molecule has 0 saturated heterocycles. The molecule has 98 valence electrons. The Morgan fingerprint density at radius 3 is 2.53 bits per heavy atom. The average molecular weight is 386 g/mol. The second kappa shape index (κ2) is 5.97. The fraction of sp³-hybridized carbons (Fsp3) is 0.133. The van der Waals surface area contributed by atoms with E-state index in [1.807, 2.05) is 19.1 Å². The van der Waals surface area contributed by atoms with Gasteiger partial charge in [-0.1, -0.05) is 30.3 Å². The second-order valence-corrected chi connectivity index (χ2v) is 5.84. The van der Waals surface area contributed by atoms with Gasteiger partial charge in [-0.3, -0.25) is 4.79 Å². The molecule has 0 bridgehead atoms. The van der Waals surface area contributed by atoms with E-state index in [-0.39, 0.29) is 18.0 Å². The molecule has 1 nitrogen and oxygen atoms in total. The summed E-state index contributed by atoms with van der Waals surface area (Å²) < 4.78 is 14.6. The standard InChI is InChI=1S/C15H11Br2FO/c1-9-4-2-6-11(14(9)16)13(19)8-10-5-3-7-12(18)15(10)17/h2-7H,8H2,1H3. The molecule has 0 aliphatic carbocycles. The van der Waals surface area contributed by atoms with Crippen LogP contribution in [0.5, 0.6) is 0 Å². The van der Waals surface area contributed by atoms with Gasteiger partial charge in [0.2, 0.25) is 0 Å². The van der Waals surface area contributed by atoms with Gasteiger partial charge in [-0.15, -0.1) is 0 Å². The third-order valence-corrected chi connectivity index (χ3v) is 4.82. The van der Waals surface area contributed by atoms with Gasteiger partial charge in [-0.05, 0) is 56.0 Å². The van der Waals surface area contributed by atoms with E-state index in [9.17, 15) is 9.18 Å². The van der Waals surface area contributed by atoms with Gasteiger partial charge in [0.1, 0.15) is 5.82 Å². The fourth-order valence-electron chi connectivity index (χ4n) is 1.82. The molecule has 0 fully saturated rings. The summed E-state index contributed by atoms with van der Waals surface area (Å²) in [6.45, 7) is 1.93. The van der Waals surface area contributed by atoms with E-state index in [1.165, 1.54) is 6.07 Å². The molecule has 0 aliphatic heterocycles. The smallest absolute Gasteiger partial charge is 0.168 e. The number of hydrogen-bond acceptors (Lipinski definition) is 1. The van der Waals surface area contributed by atoms with Gasteiger partial charge < -0.3 is 0 Å². The van der Waals surface area contributed by atoms with Crippen molar-refractivity contribution in [1.29, 1.82) is 0 Å². The monoisotopic (exact) mass is 384 g/mol. The quantitative estimate of drug-likeness (QED) is 0.673. The normalized spacial score (nSPS) is 10.5. The lowest BCUT2D eigenvalue weighted by Crippen LogP contribution is -2.06. The topological polar surface area (TPSA) is 17.1 Å². The molecule has 0 spiro atoms. The first-order chi connectivity index (χ1) is 9.00. The molecule has 2 aromatic carbocycles. The van der Waals surface area contributed by atoms with Crippen molar-refractivity contribution >= 4 is 37.6 Å². The van der Waals surface area contributed by atoms with Crippen molar-refractivity contribution in [2.24, 2.45) is 0 Å². The van der Waals surface area contributed by atoms with Gasteiger partial charge in [-0.2, -0.15) is 0 Å². The molecule has 2 aromatic rings. The van der Waals surface area contributed by atoms with Crippen LogP contribution in [0.3, 0.4) is 0 Å². The maximum atomic E-state index is 13.4. The summed E-state index contributed by atoms with van der Waals surface area (Å²) in [5.74, 6) is -0.393. The maximum absolute atomic E-state index is 13.4. The van der Waals surface area contributed by atoms with E-state index in [0.717, 1.165) is 10.0 Å². The Kier molecular flexibility index (Phi) is 4.53. The number of hydrogen-bond donors (Lipinski definition) is 0. The fourth-order valence-corrected chi connectivity index (χ4v) is 2.71. The van der Waals surface area contributed by atoms with Crippen molar-refractivity contribution in [1.82, 2.24) is 0 Å². The van der Waals surface area contributed by atoms with Crippen LogP contribution < -0.4 is 0 Å². The van der Waals surface area contributed by atoms with E-state index < -0.39 is 0 Å². The molecule has 0 heterocycles. The molecule has 0 amide bonds. The molecule has 0 radical (unpaired) electrons. The zero-order valence-corrected chi connectivity index (χ0v) is 13.4. The summed E-state index contributed by atoms with van der Waals surface area (Å²) in [6.07, 6.45) is 0.167. The number of benzene rings is 2. The lowest BCUT2D eigenvalue weighted by Gasteiger charge is -2.08. The largest absolute Gasteiger partial charge is 0.294 e. The first kappa shape index (κ1) is 14.4. The van der Waals surface area contributed by atoms with Crippen LogP contribution in [0.2, 0.25) is 0 Å². The Labute approximate surface area is 128 Å². The number of ketones is 1. The number of halogens is 3. The Bertz CT molecular complexity index is 638. The van der Waals surface area contributed by atoms with Crippen molar-refractivity contribution in [3.63, 3.8) is 0 Å². The van der Waals surface area contributed by atoms with Gasteiger partial charge in [0, 0.05) is 16.5 Å². The Morgan fingerprint density at radius 2 is 1.79 bits per heavy atom. The van der Waals surface area contributed by atoms with Crippen LogP contribution in [0.4, 0.5) is 4.39 Å². The van der Waals surface area contributed by atoms with E-state index in [0.29, 0.717) is 15.6 Å². The van der Waals surface area contributed by atoms with E-state index in [1.54, 1.807) is 18.2 Å². The lowest BCUT2D eigenvalue weighted by molar-refractivity contribution is 0.0992. The summed E-state index contributed by atoms with van der Waals surface area (Å²) in [4.78, 5) is 12.3. The minimum Gasteiger partial charge on any atom is -0.294 e. The highest BCUT2D eigenvalue weighted by molar-refractivity contribution is 9.10. The third-order valence-electron chi connectivity index (χ3n) is 2.87. The van der Waals surface area contributed by atoms with Crippen LogP contribution in [0.15, 0.2) is 45.3 Å². The summed E-state index contributed by atoms with van der Waals surface area (Å²) in [5, 5.41) is 0. The minimum absolute atomic E-state index is 0.0399. The predicted octanol–water partition coefficient (Wildman–Crippen LogP) is 5.08. The highest BCUT2D eigenvalue weighted by Gasteiger charge is 2.14. The first-order valence-electron chi connectivity index (χ1n) is 5.72.